The molecule has 26 heavy (non-hydrogen) atoms. The van der Waals surface area contributed by atoms with E-state index >= 15 is 0 Å². The van der Waals surface area contributed by atoms with Gasteiger partial charge < -0.3 is 14.8 Å². The highest BCUT2D eigenvalue weighted by Gasteiger charge is 2.19. The standard InChI is InChI=1S/C19H16ClNO3S2/c20-15-8-12(9-16-18(15)24-11-23-16)4-5-17(22)21-14-3-1-2-13(10-14)19-25-6-7-26-19/h1-5,8-10,19H,6-7,11H2,(H,21,22)/b5-4+. The zero-order valence-electron chi connectivity index (χ0n) is 13.7. The molecule has 2 aliphatic heterocycles. The summed E-state index contributed by atoms with van der Waals surface area (Å²) in [6, 6.07) is 11.6. The molecule has 2 aromatic rings. The lowest BCUT2D eigenvalue weighted by molar-refractivity contribution is -0.111. The van der Waals surface area contributed by atoms with E-state index in [1.807, 2.05) is 41.7 Å². The van der Waals surface area contributed by atoms with Crippen LogP contribution >= 0.6 is 35.1 Å². The quantitative estimate of drug-likeness (QED) is 0.708. The van der Waals surface area contributed by atoms with E-state index in [0.717, 1.165) is 11.3 Å². The van der Waals surface area contributed by atoms with Gasteiger partial charge in [-0.05, 0) is 41.5 Å². The van der Waals surface area contributed by atoms with Crippen LogP contribution in [0, 0.1) is 0 Å². The summed E-state index contributed by atoms with van der Waals surface area (Å²) in [7, 11) is 0. The first-order valence-corrected chi connectivity index (χ1v) is 10.6. The Morgan fingerprint density at radius 2 is 2.04 bits per heavy atom. The van der Waals surface area contributed by atoms with Gasteiger partial charge in [0, 0.05) is 23.3 Å². The lowest BCUT2D eigenvalue weighted by Crippen LogP contribution is -2.08. The number of rotatable bonds is 4. The van der Waals surface area contributed by atoms with Crippen molar-refractivity contribution in [1.29, 1.82) is 0 Å². The molecule has 1 N–H and O–H groups in total. The fourth-order valence-corrected chi connectivity index (χ4v) is 5.87. The predicted molar refractivity (Wildman–Crippen MR) is 109 cm³/mol. The number of amides is 1. The van der Waals surface area contributed by atoms with Gasteiger partial charge in [0.15, 0.2) is 11.5 Å². The van der Waals surface area contributed by atoms with E-state index in [0.29, 0.717) is 21.1 Å². The molecule has 0 aromatic heterocycles. The largest absolute Gasteiger partial charge is 0.454 e. The molecule has 0 aliphatic carbocycles. The lowest BCUT2D eigenvalue weighted by atomic mass is 10.2. The van der Waals surface area contributed by atoms with Crippen molar-refractivity contribution in [3.8, 4) is 11.5 Å². The van der Waals surface area contributed by atoms with Crippen molar-refractivity contribution in [3.63, 3.8) is 0 Å². The number of hydrogen-bond acceptors (Lipinski definition) is 5. The lowest BCUT2D eigenvalue weighted by Gasteiger charge is -2.10. The van der Waals surface area contributed by atoms with Gasteiger partial charge in [-0.2, -0.15) is 0 Å². The minimum Gasteiger partial charge on any atom is -0.454 e. The average Bonchev–Trinajstić information content (AvgIpc) is 3.32. The highest BCUT2D eigenvalue weighted by atomic mass is 35.5. The van der Waals surface area contributed by atoms with Crippen molar-refractivity contribution in [2.75, 3.05) is 23.6 Å². The molecule has 134 valence electrons. The Kier molecular flexibility index (Phi) is 5.33. The van der Waals surface area contributed by atoms with Crippen LogP contribution in [0.2, 0.25) is 5.02 Å². The molecule has 2 aliphatic rings. The second-order valence-corrected chi connectivity index (χ2v) is 8.89. The highest BCUT2D eigenvalue weighted by molar-refractivity contribution is 8.19. The van der Waals surface area contributed by atoms with E-state index in [1.54, 1.807) is 18.2 Å². The Hall–Kier alpha value is -1.76. The van der Waals surface area contributed by atoms with E-state index in [1.165, 1.54) is 23.1 Å². The fourth-order valence-electron chi connectivity index (χ4n) is 2.75. The maximum Gasteiger partial charge on any atom is 0.248 e. The number of carbonyl (C=O) groups excluding carboxylic acids is 1. The van der Waals surface area contributed by atoms with Crippen molar-refractivity contribution in [2.24, 2.45) is 0 Å². The van der Waals surface area contributed by atoms with Crippen LogP contribution in [0.1, 0.15) is 15.7 Å². The molecule has 1 fully saturated rings. The number of ether oxygens (including phenoxy) is 2. The van der Waals surface area contributed by atoms with Crippen LogP contribution in [0.25, 0.3) is 6.08 Å². The van der Waals surface area contributed by atoms with Gasteiger partial charge in [0.1, 0.15) is 0 Å². The van der Waals surface area contributed by atoms with Crippen molar-refractivity contribution >= 4 is 52.8 Å². The molecule has 0 saturated carbocycles. The van der Waals surface area contributed by atoms with Gasteiger partial charge in [-0.3, -0.25) is 4.79 Å². The van der Waals surface area contributed by atoms with E-state index in [9.17, 15) is 4.79 Å². The summed E-state index contributed by atoms with van der Waals surface area (Å²) < 4.78 is 11.1. The molecule has 4 nitrogen and oxygen atoms in total. The van der Waals surface area contributed by atoms with Crippen LogP contribution in [0.5, 0.6) is 11.5 Å². The Labute approximate surface area is 165 Å². The van der Waals surface area contributed by atoms with E-state index in [4.69, 9.17) is 21.1 Å². The first kappa shape index (κ1) is 17.6. The van der Waals surface area contributed by atoms with Gasteiger partial charge in [-0.1, -0.05) is 23.7 Å². The second-order valence-electron chi connectivity index (χ2n) is 5.76. The molecule has 0 bridgehead atoms. The number of anilines is 1. The summed E-state index contributed by atoms with van der Waals surface area (Å²) in [4.78, 5) is 12.2. The first-order valence-electron chi connectivity index (χ1n) is 8.10. The van der Waals surface area contributed by atoms with Crippen LogP contribution in [0.3, 0.4) is 0 Å². The summed E-state index contributed by atoms with van der Waals surface area (Å²) in [5, 5.41) is 3.38. The number of benzene rings is 2. The summed E-state index contributed by atoms with van der Waals surface area (Å²) in [6.07, 6.45) is 3.19. The van der Waals surface area contributed by atoms with Crippen LogP contribution in [-0.2, 0) is 4.79 Å². The Bertz CT molecular complexity index is 866. The molecule has 0 radical (unpaired) electrons. The Balaban J connectivity index is 1.43. The molecular formula is C19H16ClNO3S2. The number of hydrogen-bond donors (Lipinski definition) is 1. The molecule has 7 heteroatoms. The van der Waals surface area contributed by atoms with Gasteiger partial charge in [-0.25, -0.2) is 0 Å². The molecule has 2 aromatic carbocycles. The molecule has 0 atom stereocenters. The fraction of sp³-hybridized carbons (Fsp3) is 0.211. The number of carbonyl (C=O) groups is 1. The summed E-state index contributed by atoms with van der Waals surface area (Å²) in [5.41, 5.74) is 2.82. The summed E-state index contributed by atoms with van der Waals surface area (Å²) in [5.74, 6) is 3.30. The third-order valence-corrected chi connectivity index (χ3v) is 7.31. The smallest absolute Gasteiger partial charge is 0.248 e. The van der Waals surface area contributed by atoms with E-state index in [-0.39, 0.29) is 12.7 Å². The first-order chi connectivity index (χ1) is 12.7. The molecule has 1 saturated heterocycles. The third kappa shape index (κ3) is 3.98. The third-order valence-electron chi connectivity index (χ3n) is 3.92. The average molecular weight is 406 g/mol. The van der Waals surface area contributed by atoms with Crippen molar-refractivity contribution in [3.05, 3.63) is 58.6 Å². The van der Waals surface area contributed by atoms with E-state index < -0.39 is 0 Å². The highest BCUT2D eigenvalue weighted by Crippen LogP contribution is 2.45. The monoisotopic (exact) mass is 405 g/mol. The van der Waals surface area contributed by atoms with E-state index in [2.05, 4.69) is 11.4 Å². The molecule has 4 rings (SSSR count). The number of nitrogens with one attached hydrogen (secondary N) is 1. The summed E-state index contributed by atoms with van der Waals surface area (Å²) >= 11 is 10.0. The van der Waals surface area contributed by atoms with Crippen LogP contribution < -0.4 is 14.8 Å². The van der Waals surface area contributed by atoms with Gasteiger partial charge >= 0.3 is 0 Å². The molecule has 1 amide bonds. The Morgan fingerprint density at radius 3 is 2.88 bits per heavy atom. The predicted octanol–water partition coefficient (Wildman–Crippen LogP) is 5.20. The molecule has 2 heterocycles. The van der Waals surface area contributed by atoms with Gasteiger partial charge in [0.05, 0.1) is 9.60 Å². The zero-order valence-corrected chi connectivity index (χ0v) is 16.1. The molecule has 0 unspecified atom stereocenters. The number of thioether (sulfide) groups is 2. The minimum atomic E-state index is -0.192. The number of fused-ring (bicyclic) bond motifs is 1. The summed E-state index contributed by atoms with van der Waals surface area (Å²) in [6.45, 7) is 0.163. The van der Waals surface area contributed by atoms with Crippen molar-refractivity contribution in [2.45, 2.75) is 4.58 Å². The van der Waals surface area contributed by atoms with Crippen molar-refractivity contribution < 1.29 is 14.3 Å². The molecule has 0 spiro atoms. The zero-order chi connectivity index (χ0) is 17.9. The topological polar surface area (TPSA) is 47.6 Å². The van der Waals surface area contributed by atoms with Gasteiger partial charge in [0.25, 0.3) is 0 Å². The molecular weight excluding hydrogens is 390 g/mol. The SMILES string of the molecule is O=C(/C=C/c1cc(Cl)c2c(c1)OCO2)Nc1cccc(C2SCCS2)c1. The normalized spacial score (nSPS) is 16.3. The maximum atomic E-state index is 12.2. The maximum absolute atomic E-state index is 12.2. The van der Waals surface area contributed by atoms with Crippen LogP contribution in [0.15, 0.2) is 42.5 Å². The minimum absolute atomic E-state index is 0.163. The Morgan fingerprint density at radius 1 is 1.19 bits per heavy atom. The van der Waals surface area contributed by atoms with Crippen molar-refractivity contribution in [1.82, 2.24) is 0 Å². The van der Waals surface area contributed by atoms with Crippen LogP contribution in [0.4, 0.5) is 5.69 Å². The van der Waals surface area contributed by atoms with Gasteiger partial charge in [-0.15, -0.1) is 23.5 Å². The van der Waals surface area contributed by atoms with Crippen LogP contribution in [-0.4, -0.2) is 24.2 Å². The second kappa shape index (κ2) is 7.86. The number of halogens is 1. The van der Waals surface area contributed by atoms with Gasteiger partial charge in [0.2, 0.25) is 12.7 Å².